The maximum atomic E-state index is 6.57. The highest BCUT2D eigenvalue weighted by Crippen LogP contribution is 2.56. The van der Waals surface area contributed by atoms with Crippen molar-refractivity contribution in [2.24, 2.45) is 0 Å². The Balaban J connectivity index is 0.991. The number of benzene rings is 9. The summed E-state index contributed by atoms with van der Waals surface area (Å²) in [6.45, 7) is 4.72. The first-order valence-corrected chi connectivity index (χ1v) is 20.4. The first-order valence-electron chi connectivity index (χ1n) is 20.4. The lowest BCUT2D eigenvalue weighted by molar-refractivity contribution is 0.647. The maximum absolute atomic E-state index is 6.57. The number of hydrogen-bond donors (Lipinski definition) is 0. The van der Waals surface area contributed by atoms with E-state index in [1.807, 2.05) is 0 Å². The molecule has 0 N–H and O–H groups in total. The Morgan fingerprint density at radius 1 is 0.356 bits per heavy atom. The molecule has 1 heterocycles. The molecule has 0 saturated carbocycles. The van der Waals surface area contributed by atoms with Crippen molar-refractivity contribution < 1.29 is 4.42 Å². The third kappa shape index (κ3) is 5.87. The molecule has 1 aliphatic rings. The largest absolute Gasteiger partial charge is 0.456 e. The van der Waals surface area contributed by atoms with Gasteiger partial charge in [0.15, 0.2) is 0 Å². The molecule has 11 rings (SSSR count). The second-order valence-corrected chi connectivity index (χ2v) is 16.1. The Kier molecular flexibility index (Phi) is 8.20. The van der Waals surface area contributed by atoms with E-state index in [1.54, 1.807) is 0 Å². The number of furan rings is 1. The molecule has 280 valence electrons. The summed E-state index contributed by atoms with van der Waals surface area (Å²) in [6.07, 6.45) is 0. The number of fused-ring (bicyclic) bond motifs is 6. The van der Waals surface area contributed by atoms with Gasteiger partial charge in [-0.3, -0.25) is 0 Å². The predicted octanol–water partition coefficient (Wildman–Crippen LogP) is 16.0. The van der Waals surface area contributed by atoms with Gasteiger partial charge in [0.25, 0.3) is 0 Å². The Labute approximate surface area is 345 Å². The van der Waals surface area contributed by atoms with E-state index in [0.717, 1.165) is 33.6 Å². The van der Waals surface area contributed by atoms with Gasteiger partial charge in [0.05, 0.1) is 0 Å². The van der Waals surface area contributed by atoms with Crippen LogP contribution in [0.3, 0.4) is 0 Å². The van der Waals surface area contributed by atoms with Crippen molar-refractivity contribution in [3.63, 3.8) is 0 Å². The molecule has 59 heavy (non-hydrogen) atoms. The Morgan fingerprint density at radius 2 is 0.797 bits per heavy atom. The van der Waals surface area contributed by atoms with Crippen LogP contribution >= 0.6 is 0 Å². The van der Waals surface area contributed by atoms with Gasteiger partial charge in [-0.2, -0.15) is 0 Å². The molecule has 0 aliphatic heterocycles. The SMILES string of the molecule is CC1(C)c2cc(-c3ccc(N(c4ccc(-c5ccccc5)cc4)c4ccc(-c5ccccc5)cc4)cc3)ccc2-c2c1cc1oc3ccccc3c1c2-c1ccccc1. The summed E-state index contributed by atoms with van der Waals surface area (Å²) in [6, 6.07) is 76.6. The molecule has 10 aromatic rings. The van der Waals surface area contributed by atoms with Gasteiger partial charge in [0.2, 0.25) is 0 Å². The smallest absolute Gasteiger partial charge is 0.136 e. The molecular formula is C57H41NO. The van der Waals surface area contributed by atoms with E-state index in [-0.39, 0.29) is 5.41 Å². The summed E-state index contributed by atoms with van der Waals surface area (Å²) in [5, 5.41) is 2.34. The van der Waals surface area contributed by atoms with Crippen molar-refractivity contribution in [1.29, 1.82) is 0 Å². The van der Waals surface area contributed by atoms with E-state index < -0.39 is 0 Å². The highest BCUT2D eigenvalue weighted by molar-refractivity contribution is 6.17. The van der Waals surface area contributed by atoms with E-state index in [4.69, 9.17) is 4.42 Å². The molecule has 0 saturated heterocycles. The quantitative estimate of drug-likeness (QED) is 0.161. The maximum Gasteiger partial charge on any atom is 0.136 e. The number of rotatable bonds is 7. The van der Waals surface area contributed by atoms with Crippen LogP contribution in [0, 0.1) is 0 Å². The van der Waals surface area contributed by atoms with E-state index >= 15 is 0 Å². The first-order chi connectivity index (χ1) is 29.0. The van der Waals surface area contributed by atoms with Crippen LogP contribution in [-0.4, -0.2) is 0 Å². The molecule has 1 aromatic heterocycles. The first kappa shape index (κ1) is 34.8. The molecule has 0 atom stereocenters. The van der Waals surface area contributed by atoms with E-state index in [0.29, 0.717) is 0 Å². The molecule has 0 spiro atoms. The van der Waals surface area contributed by atoms with Crippen LogP contribution in [0.2, 0.25) is 0 Å². The highest BCUT2D eigenvalue weighted by atomic mass is 16.3. The second-order valence-electron chi connectivity index (χ2n) is 16.1. The average molecular weight is 756 g/mol. The monoisotopic (exact) mass is 755 g/mol. The minimum absolute atomic E-state index is 0.230. The molecule has 1 aliphatic carbocycles. The topological polar surface area (TPSA) is 16.4 Å². The van der Waals surface area contributed by atoms with Crippen LogP contribution in [0.25, 0.3) is 77.6 Å². The van der Waals surface area contributed by atoms with Crippen LogP contribution in [0.15, 0.2) is 217 Å². The summed E-state index contributed by atoms with van der Waals surface area (Å²) in [4.78, 5) is 2.35. The fourth-order valence-corrected chi connectivity index (χ4v) is 9.27. The molecule has 0 fully saturated rings. The lowest BCUT2D eigenvalue weighted by Gasteiger charge is -2.26. The number of anilines is 3. The molecule has 9 aromatic carbocycles. The van der Waals surface area contributed by atoms with Crippen molar-refractivity contribution in [3.8, 4) is 55.6 Å². The number of para-hydroxylation sites is 1. The van der Waals surface area contributed by atoms with Gasteiger partial charge in [-0.15, -0.1) is 0 Å². The fraction of sp³-hybridized carbons (Fsp3) is 0.0526. The van der Waals surface area contributed by atoms with Gasteiger partial charge in [-0.05, 0) is 116 Å². The van der Waals surface area contributed by atoms with Crippen LogP contribution in [-0.2, 0) is 5.41 Å². The molecule has 0 unspecified atom stereocenters. The molecule has 0 bridgehead atoms. The lowest BCUT2D eigenvalue weighted by atomic mass is 9.80. The van der Waals surface area contributed by atoms with Crippen molar-refractivity contribution >= 4 is 39.0 Å². The van der Waals surface area contributed by atoms with Crippen molar-refractivity contribution in [2.75, 3.05) is 4.90 Å². The van der Waals surface area contributed by atoms with Gasteiger partial charge in [-0.25, -0.2) is 0 Å². The third-order valence-corrected chi connectivity index (χ3v) is 12.3. The summed E-state index contributed by atoms with van der Waals surface area (Å²) >= 11 is 0. The molecule has 0 amide bonds. The van der Waals surface area contributed by atoms with E-state index in [2.05, 4.69) is 231 Å². The average Bonchev–Trinajstić information content (AvgIpc) is 3.78. The summed E-state index contributed by atoms with van der Waals surface area (Å²) in [7, 11) is 0. The second kappa shape index (κ2) is 13.9. The fourth-order valence-electron chi connectivity index (χ4n) is 9.27. The van der Waals surface area contributed by atoms with Crippen LogP contribution < -0.4 is 4.90 Å². The van der Waals surface area contributed by atoms with Gasteiger partial charge >= 0.3 is 0 Å². The van der Waals surface area contributed by atoms with Crippen LogP contribution in [0.1, 0.15) is 25.0 Å². The molecule has 0 radical (unpaired) electrons. The zero-order valence-corrected chi connectivity index (χ0v) is 33.1. The standard InChI is InChI=1S/C57H41NO/c1-57(2)50-36-44(28-35-48(50)55-51(57)37-53-56(49-20-12-13-21-52(49)59-53)54(55)43-18-10-5-11-19-43)42-26-33-47(34-27-42)58(45-29-22-40(23-30-45)38-14-6-3-7-15-38)46-31-24-41(25-32-46)39-16-8-4-9-17-39/h3-37H,1-2H3. The predicted molar refractivity (Wildman–Crippen MR) is 248 cm³/mol. The number of nitrogens with zero attached hydrogens (tertiary/aromatic N) is 1. The van der Waals surface area contributed by atoms with Gasteiger partial charge in [-0.1, -0.05) is 172 Å². The Hall–Kier alpha value is -7.42. The number of hydrogen-bond acceptors (Lipinski definition) is 2. The van der Waals surface area contributed by atoms with E-state index in [1.165, 1.54) is 72.1 Å². The Bertz CT molecular complexity index is 3040. The molecular weight excluding hydrogens is 715 g/mol. The van der Waals surface area contributed by atoms with Crippen molar-refractivity contribution in [3.05, 3.63) is 223 Å². The molecule has 2 nitrogen and oxygen atoms in total. The van der Waals surface area contributed by atoms with Gasteiger partial charge < -0.3 is 9.32 Å². The van der Waals surface area contributed by atoms with Crippen molar-refractivity contribution in [2.45, 2.75) is 19.3 Å². The highest BCUT2D eigenvalue weighted by Gasteiger charge is 2.39. The third-order valence-electron chi connectivity index (χ3n) is 12.3. The Morgan fingerprint density at radius 3 is 1.34 bits per heavy atom. The van der Waals surface area contributed by atoms with Crippen LogP contribution in [0.4, 0.5) is 17.1 Å². The lowest BCUT2D eigenvalue weighted by Crippen LogP contribution is -2.15. The zero-order chi connectivity index (χ0) is 39.5. The zero-order valence-electron chi connectivity index (χ0n) is 33.1. The van der Waals surface area contributed by atoms with Crippen LogP contribution in [0.5, 0.6) is 0 Å². The normalized spacial score (nSPS) is 12.7. The van der Waals surface area contributed by atoms with Gasteiger partial charge in [0.1, 0.15) is 11.2 Å². The van der Waals surface area contributed by atoms with E-state index in [9.17, 15) is 0 Å². The minimum atomic E-state index is -0.230. The summed E-state index contributed by atoms with van der Waals surface area (Å²) in [5.41, 5.74) is 19.9. The minimum Gasteiger partial charge on any atom is -0.456 e. The summed E-state index contributed by atoms with van der Waals surface area (Å²) in [5.74, 6) is 0. The van der Waals surface area contributed by atoms with Crippen molar-refractivity contribution in [1.82, 2.24) is 0 Å². The molecule has 2 heteroatoms. The van der Waals surface area contributed by atoms with Gasteiger partial charge in [0, 0.05) is 38.8 Å². The summed E-state index contributed by atoms with van der Waals surface area (Å²) < 4.78 is 6.57.